The van der Waals surface area contributed by atoms with Crippen molar-refractivity contribution in [3.63, 3.8) is 0 Å². The van der Waals surface area contributed by atoms with Crippen LogP contribution in [0.5, 0.6) is 0 Å². The molecule has 0 aromatic carbocycles. The minimum Gasteiger partial charge on any atom is -0.387 e. The molecule has 0 aromatic rings. The molecule has 4 heteroatoms. The lowest BCUT2D eigenvalue weighted by atomic mass is 10.4. The van der Waals surface area contributed by atoms with Gasteiger partial charge in [0.15, 0.2) is 0 Å². The van der Waals surface area contributed by atoms with E-state index >= 15 is 0 Å². The SMILES string of the molecule is C/C1=C/C=NCCN=C/C=C(/C)NCCN1. The summed E-state index contributed by atoms with van der Waals surface area (Å²) in [5.74, 6) is 0. The van der Waals surface area contributed by atoms with Crippen LogP contribution in [0.3, 0.4) is 0 Å². The molecule has 1 rings (SSSR count). The molecular weight excluding hydrogens is 200 g/mol. The van der Waals surface area contributed by atoms with E-state index in [2.05, 4.69) is 20.6 Å². The highest BCUT2D eigenvalue weighted by Crippen LogP contribution is 1.87. The molecule has 16 heavy (non-hydrogen) atoms. The number of nitrogens with one attached hydrogen (secondary N) is 2. The maximum Gasteiger partial charge on any atom is 0.0585 e. The van der Waals surface area contributed by atoms with Crippen molar-refractivity contribution in [2.45, 2.75) is 13.8 Å². The number of hydrogen-bond acceptors (Lipinski definition) is 4. The minimum atomic E-state index is 0.737. The Labute approximate surface area is 97.3 Å². The highest BCUT2D eigenvalue weighted by atomic mass is 14.9. The molecule has 0 radical (unpaired) electrons. The van der Waals surface area contributed by atoms with Gasteiger partial charge in [0.1, 0.15) is 0 Å². The molecule has 2 N–H and O–H groups in total. The van der Waals surface area contributed by atoms with Gasteiger partial charge in [-0.2, -0.15) is 0 Å². The van der Waals surface area contributed by atoms with Crippen LogP contribution < -0.4 is 10.6 Å². The average molecular weight is 220 g/mol. The summed E-state index contributed by atoms with van der Waals surface area (Å²) in [5, 5.41) is 6.61. The molecule has 0 aromatic heterocycles. The molecule has 0 fully saturated rings. The van der Waals surface area contributed by atoms with Gasteiger partial charge < -0.3 is 10.6 Å². The second-order valence-corrected chi connectivity index (χ2v) is 3.66. The van der Waals surface area contributed by atoms with Crippen molar-refractivity contribution in [1.82, 2.24) is 10.6 Å². The van der Waals surface area contributed by atoms with Gasteiger partial charge in [-0.1, -0.05) is 0 Å². The van der Waals surface area contributed by atoms with Crippen LogP contribution in [-0.4, -0.2) is 38.6 Å². The Morgan fingerprint density at radius 3 is 1.75 bits per heavy atom. The standard InChI is InChI=1S/C12H20N4/c1-11-3-5-13-7-8-14-6-4-12(2)16-10-9-15-11/h3-6,15-16H,7-10H2,1-2H3/b11-3-,12-4-,13-5?,14-6?. The molecule has 0 saturated carbocycles. The fourth-order valence-electron chi connectivity index (χ4n) is 1.23. The highest BCUT2D eigenvalue weighted by molar-refractivity contribution is 5.72. The Bertz CT molecular complexity index is 281. The molecular formula is C12H20N4. The molecule has 88 valence electrons. The van der Waals surface area contributed by atoms with E-state index in [9.17, 15) is 0 Å². The number of nitrogens with zero attached hydrogens (tertiary/aromatic N) is 2. The Hall–Kier alpha value is -1.58. The highest BCUT2D eigenvalue weighted by Gasteiger charge is 1.89. The van der Waals surface area contributed by atoms with Gasteiger partial charge in [0.25, 0.3) is 0 Å². The quantitative estimate of drug-likeness (QED) is 0.643. The van der Waals surface area contributed by atoms with Crippen LogP contribution in [-0.2, 0) is 0 Å². The van der Waals surface area contributed by atoms with Gasteiger partial charge in [-0.25, -0.2) is 0 Å². The molecule has 0 bridgehead atoms. The fraction of sp³-hybridized carbons (Fsp3) is 0.500. The zero-order valence-corrected chi connectivity index (χ0v) is 10.0. The molecule has 0 atom stereocenters. The summed E-state index contributed by atoms with van der Waals surface area (Å²) in [6.07, 6.45) is 7.63. The normalized spacial score (nSPS) is 25.4. The van der Waals surface area contributed by atoms with Crippen molar-refractivity contribution < 1.29 is 0 Å². The molecule has 0 aliphatic carbocycles. The smallest absolute Gasteiger partial charge is 0.0585 e. The Morgan fingerprint density at radius 2 is 1.31 bits per heavy atom. The van der Waals surface area contributed by atoms with Crippen molar-refractivity contribution >= 4 is 12.4 Å². The number of aliphatic imine (C=N–C) groups is 2. The second kappa shape index (κ2) is 7.68. The van der Waals surface area contributed by atoms with Crippen LogP contribution in [0.25, 0.3) is 0 Å². The van der Waals surface area contributed by atoms with Crippen molar-refractivity contribution in [2.75, 3.05) is 26.2 Å². The van der Waals surface area contributed by atoms with E-state index in [1.165, 1.54) is 0 Å². The van der Waals surface area contributed by atoms with Gasteiger partial charge in [-0.3, -0.25) is 9.98 Å². The van der Waals surface area contributed by atoms with E-state index in [-0.39, 0.29) is 0 Å². The molecule has 0 unspecified atom stereocenters. The van der Waals surface area contributed by atoms with E-state index in [4.69, 9.17) is 0 Å². The first kappa shape index (κ1) is 12.5. The van der Waals surface area contributed by atoms with Crippen LogP contribution in [0.1, 0.15) is 13.8 Å². The first-order valence-corrected chi connectivity index (χ1v) is 5.60. The van der Waals surface area contributed by atoms with E-state index in [0.717, 1.165) is 37.6 Å². The lowest BCUT2D eigenvalue weighted by molar-refractivity contribution is 0.718. The van der Waals surface area contributed by atoms with Crippen molar-refractivity contribution in [3.05, 3.63) is 23.5 Å². The van der Waals surface area contributed by atoms with Gasteiger partial charge in [0.05, 0.1) is 13.1 Å². The average Bonchev–Trinajstić information content (AvgIpc) is 2.27. The van der Waals surface area contributed by atoms with Gasteiger partial charge in [0, 0.05) is 36.9 Å². The van der Waals surface area contributed by atoms with Crippen LogP contribution in [0.4, 0.5) is 0 Å². The first-order valence-electron chi connectivity index (χ1n) is 5.60. The predicted molar refractivity (Wildman–Crippen MR) is 70.2 cm³/mol. The predicted octanol–water partition coefficient (Wildman–Crippen LogP) is 1.13. The maximum absolute atomic E-state index is 4.24. The zero-order chi connectivity index (χ0) is 11.6. The third-order valence-corrected chi connectivity index (χ3v) is 2.15. The number of rotatable bonds is 0. The topological polar surface area (TPSA) is 48.8 Å². The summed E-state index contributed by atoms with van der Waals surface area (Å²) in [7, 11) is 0. The summed E-state index contributed by atoms with van der Waals surface area (Å²) < 4.78 is 0. The van der Waals surface area contributed by atoms with Crippen LogP contribution in [0.15, 0.2) is 33.5 Å². The van der Waals surface area contributed by atoms with E-state index in [1.807, 2.05) is 38.4 Å². The summed E-state index contributed by atoms with van der Waals surface area (Å²) in [5.41, 5.74) is 2.26. The van der Waals surface area contributed by atoms with Crippen LogP contribution in [0.2, 0.25) is 0 Å². The third kappa shape index (κ3) is 6.01. The van der Waals surface area contributed by atoms with Crippen molar-refractivity contribution in [3.8, 4) is 0 Å². The second-order valence-electron chi connectivity index (χ2n) is 3.66. The largest absolute Gasteiger partial charge is 0.387 e. The molecule has 1 heterocycles. The van der Waals surface area contributed by atoms with Gasteiger partial charge in [0.2, 0.25) is 0 Å². The van der Waals surface area contributed by atoms with E-state index < -0.39 is 0 Å². The molecule has 0 amide bonds. The molecule has 1 aliphatic heterocycles. The van der Waals surface area contributed by atoms with Gasteiger partial charge >= 0.3 is 0 Å². The fourth-order valence-corrected chi connectivity index (χ4v) is 1.23. The van der Waals surface area contributed by atoms with Crippen LogP contribution >= 0.6 is 0 Å². The summed E-state index contributed by atoms with van der Waals surface area (Å²) in [6, 6.07) is 0. The molecule has 0 saturated heterocycles. The Kier molecular flexibility index (Phi) is 5.99. The monoisotopic (exact) mass is 220 g/mol. The third-order valence-electron chi connectivity index (χ3n) is 2.15. The molecule has 4 nitrogen and oxygen atoms in total. The Balaban J connectivity index is 2.53. The minimum absolute atomic E-state index is 0.737. The lowest BCUT2D eigenvalue weighted by Gasteiger charge is -2.08. The van der Waals surface area contributed by atoms with Crippen molar-refractivity contribution in [2.24, 2.45) is 9.98 Å². The van der Waals surface area contributed by atoms with E-state index in [0.29, 0.717) is 0 Å². The van der Waals surface area contributed by atoms with Gasteiger partial charge in [-0.15, -0.1) is 0 Å². The van der Waals surface area contributed by atoms with Crippen molar-refractivity contribution in [1.29, 1.82) is 0 Å². The summed E-state index contributed by atoms with van der Waals surface area (Å²) >= 11 is 0. The Morgan fingerprint density at radius 1 is 0.875 bits per heavy atom. The summed E-state index contributed by atoms with van der Waals surface area (Å²) in [6.45, 7) is 7.36. The molecule has 1 aliphatic rings. The lowest BCUT2D eigenvalue weighted by Crippen LogP contribution is -2.25. The number of hydrogen-bond donors (Lipinski definition) is 2. The molecule has 0 spiro atoms. The first-order chi connectivity index (χ1) is 7.79. The maximum atomic E-state index is 4.24. The van der Waals surface area contributed by atoms with Crippen LogP contribution in [0, 0.1) is 0 Å². The van der Waals surface area contributed by atoms with Gasteiger partial charge in [-0.05, 0) is 26.0 Å². The van der Waals surface area contributed by atoms with E-state index in [1.54, 1.807) is 0 Å². The summed E-state index contributed by atoms with van der Waals surface area (Å²) in [4.78, 5) is 8.47. The zero-order valence-electron chi connectivity index (χ0n) is 10.0. The number of allylic oxidation sites excluding steroid dienone is 4.